The zero-order valence-electron chi connectivity index (χ0n) is 18.6. The molecule has 1 aliphatic rings. The first-order valence-corrected chi connectivity index (χ1v) is 11.0. The van der Waals surface area contributed by atoms with Crippen molar-refractivity contribution in [3.05, 3.63) is 120 Å². The van der Waals surface area contributed by atoms with Gasteiger partial charge in [0.2, 0.25) is 5.60 Å². The minimum absolute atomic E-state index is 0.330. The summed E-state index contributed by atoms with van der Waals surface area (Å²) >= 11 is 0. The lowest BCUT2D eigenvalue weighted by atomic mass is 9.86. The molecule has 0 bridgehead atoms. The number of esters is 1. The second-order valence-electron chi connectivity index (χ2n) is 8.02. The summed E-state index contributed by atoms with van der Waals surface area (Å²) in [6.07, 6.45) is 3.42. The van der Waals surface area contributed by atoms with Crippen LogP contribution in [0.25, 0.3) is 0 Å². The predicted molar refractivity (Wildman–Crippen MR) is 125 cm³/mol. The van der Waals surface area contributed by atoms with E-state index in [9.17, 15) is 14.7 Å². The zero-order valence-corrected chi connectivity index (χ0v) is 18.6. The van der Waals surface area contributed by atoms with E-state index in [4.69, 9.17) is 13.6 Å². The molecule has 8 nitrogen and oxygen atoms in total. The number of benzene rings is 2. The van der Waals surface area contributed by atoms with Gasteiger partial charge in [-0.2, -0.15) is 5.10 Å². The monoisotopic (exact) mass is 470 g/mol. The van der Waals surface area contributed by atoms with Gasteiger partial charge in [-0.25, -0.2) is 9.80 Å². The first-order valence-electron chi connectivity index (χ1n) is 11.0. The Labute approximate surface area is 201 Å². The van der Waals surface area contributed by atoms with Crippen LogP contribution in [0, 0.1) is 0 Å². The lowest BCUT2D eigenvalue weighted by Crippen LogP contribution is -2.40. The molecule has 1 N–H and O–H groups in total. The van der Waals surface area contributed by atoms with Crippen molar-refractivity contribution in [2.24, 2.45) is 5.10 Å². The van der Waals surface area contributed by atoms with E-state index in [-0.39, 0.29) is 0 Å². The van der Waals surface area contributed by atoms with Crippen LogP contribution in [0.1, 0.15) is 35.1 Å². The second kappa shape index (κ2) is 9.44. The molecule has 0 saturated carbocycles. The van der Waals surface area contributed by atoms with E-state index >= 15 is 0 Å². The van der Waals surface area contributed by atoms with Crippen LogP contribution in [0.4, 0.5) is 0 Å². The molecule has 2 aromatic carbocycles. The van der Waals surface area contributed by atoms with Crippen molar-refractivity contribution in [1.82, 2.24) is 5.01 Å². The molecule has 1 aliphatic heterocycles. The van der Waals surface area contributed by atoms with Crippen molar-refractivity contribution >= 4 is 17.6 Å². The smallest absolute Gasteiger partial charge is 0.348 e. The highest BCUT2D eigenvalue weighted by atomic mass is 16.6. The molecule has 4 aromatic rings. The molecule has 1 atom stereocenters. The molecular weight excluding hydrogens is 448 g/mol. The molecule has 8 heteroatoms. The van der Waals surface area contributed by atoms with Crippen molar-refractivity contribution < 1.29 is 28.3 Å². The van der Waals surface area contributed by atoms with Gasteiger partial charge in [0.25, 0.3) is 5.91 Å². The molecule has 0 saturated heterocycles. The fourth-order valence-electron chi connectivity index (χ4n) is 4.09. The molecule has 1 unspecified atom stereocenters. The van der Waals surface area contributed by atoms with Crippen molar-refractivity contribution in [2.45, 2.75) is 18.1 Å². The van der Waals surface area contributed by atoms with Gasteiger partial charge in [0.15, 0.2) is 6.61 Å². The Hall–Kier alpha value is -4.43. The number of amides is 1. The average molecular weight is 470 g/mol. The van der Waals surface area contributed by atoms with Crippen LogP contribution in [0.2, 0.25) is 0 Å². The summed E-state index contributed by atoms with van der Waals surface area (Å²) in [6, 6.07) is 23.4. The van der Waals surface area contributed by atoms with Crippen LogP contribution in [-0.4, -0.2) is 34.3 Å². The summed E-state index contributed by atoms with van der Waals surface area (Å²) in [4.78, 5) is 26.4. The quantitative estimate of drug-likeness (QED) is 0.409. The van der Waals surface area contributed by atoms with E-state index in [0.717, 1.165) is 0 Å². The molecule has 2 aromatic heterocycles. The lowest BCUT2D eigenvalue weighted by molar-refractivity contribution is -0.167. The van der Waals surface area contributed by atoms with Gasteiger partial charge in [-0.05, 0) is 35.4 Å². The highest BCUT2D eigenvalue weighted by molar-refractivity contribution is 6.01. The minimum atomic E-state index is -2.09. The molecule has 0 fully saturated rings. The van der Waals surface area contributed by atoms with Crippen molar-refractivity contribution in [1.29, 1.82) is 0 Å². The average Bonchev–Trinajstić information content (AvgIpc) is 3.69. The Kier molecular flexibility index (Phi) is 6.03. The number of hydrazone groups is 1. The number of carbonyl (C=O) groups excluding carboxylic acids is 2. The maximum absolute atomic E-state index is 13.2. The van der Waals surface area contributed by atoms with Gasteiger partial charge in [0.05, 0.1) is 12.5 Å². The van der Waals surface area contributed by atoms with Gasteiger partial charge in [-0.3, -0.25) is 4.79 Å². The summed E-state index contributed by atoms with van der Waals surface area (Å²) in [5.41, 5.74) is -0.856. The number of carbonyl (C=O) groups is 2. The predicted octanol–water partition coefficient (Wildman–Crippen LogP) is 4.03. The molecule has 176 valence electrons. The number of nitrogens with zero attached hydrogens (tertiary/aromatic N) is 2. The Morgan fingerprint density at radius 3 is 2.11 bits per heavy atom. The van der Waals surface area contributed by atoms with Crippen molar-refractivity contribution in [2.75, 3.05) is 6.61 Å². The molecule has 1 amide bonds. The third-order valence-corrected chi connectivity index (χ3v) is 5.85. The second-order valence-corrected chi connectivity index (χ2v) is 8.02. The first kappa shape index (κ1) is 22.4. The van der Waals surface area contributed by atoms with Crippen LogP contribution in [0.3, 0.4) is 0 Å². The molecule has 0 aliphatic carbocycles. The van der Waals surface area contributed by atoms with Gasteiger partial charge in [-0.15, -0.1) is 0 Å². The number of hydrogen-bond acceptors (Lipinski definition) is 7. The SMILES string of the molecule is O=C(COC(=O)C(O)(c1ccccc1)c1ccccc1)N1N=C(c2ccco2)CC1c1ccco1. The Bertz CT molecular complexity index is 1280. The van der Waals surface area contributed by atoms with E-state index in [2.05, 4.69) is 5.10 Å². The van der Waals surface area contributed by atoms with Crippen LogP contribution in [-0.2, 0) is 19.9 Å². The summed E-state index contributed by atoms with van der Waals surface area (Å²) in [7, 11) is 0. The van der Waals surface area contributed by atoms with Gasteiger partial charge in [0, 0.05) is 6.42 Å². The molecule has 0 spiro atoms. The normalized spacial score (nSPS) is 15.6. The minimum Gasteiger partial charge on any atom is -0.467 e. The number of hydrogen-bond donors (Lipinski definition) is 1. The van der Waals surface area contributed by atoms with Crippen molar-refractivity contribution in [3.63, 3.8) is 0 Å². The maximum atomic E-state index is 13.2. The standard InChI is InChI=1S/C27H22N2O6/c30-25(29-22(24-14-8-16-34-24)17-21(28-29)23-13-7-15-33-23)18-35-26(31)27(32,19-9-3-1-4-10-19)20-11-5-2-6-12-20/h1-16,22,32H,17-18H2. The Morgan fingerprint density at radius 2 is 1.54 bits per heavy atom. The van der Waals surface area contributed by atoms with Crippen LogP contribution >= 0.6 is 0 Å². The largest absolute Gasteiger partial charge is 0.467 e. The fourth-order valence-corrected chi connectivity index (χ4v) is 4.09. The van der Waals surface area contributed by atoms with Gasteiger partial charge in [0.1, 0.15) is 23.3 Å². The fraction of sp³-hybridized carbons (Fsp3) is 0.148. The van der Waals surface area contributed by atoms with Crippen LogP contribution in [0.5, 0.6) is 0 Å². The van der Waals surface area contributed by atoms with Gasteiger partial charge < -0.3 is 18.7 Å². The van der Waals surface area contributed by atoms with E-state index in [1.807, 2.05) is 0 Å². The summed E-state index contributed by atoms with van der Waals surface area (Å²) in [6.45, 7) is -0.618. The third-order valence-electron chi connectivity index (χ3n) is 5.85. The van der Waals surface area contributed by atoms with Gasteiger partial charge >= 0.3 is 5.97 Å². The molecule has 0 radical (unpaired) electrons. The third kappa shape index (κ3) is 4.27. The molecular formula is C27H22N2O6. The maximum Gasteiger partial charge on any atom is 0.348 e. The van der Waals surface area contributed by atoms with Gasteiger partial charge in [-0.1, -0.05) is 60.7 Å². The Balaban J connectivity index is 1.38. The zero-order chi connectivity index (χ0) is 24.3. The summed E-state index contributed by atoms with van der Waals surface area (Å²) < 4.78 is 16.3. The topological polar surface area (TPSA) is 105 Å². The molecule has 5 rings (SSSR count). The molecule has 3 heterocycles. The van der Waals surface area contributed by atoms with E-state index in [1.54, 1.807) is 84.9 Å². The summed E-state index contributed by atoms with van der Waals surface area (Å²) in [5, 5.41) is 17.2. The van der Waals surface area contributed by atoms with Crippen molar-refractivity contribution in [3.8, 4) is 0 Å². The number of aliphatic hydroxyl groups is 1. The van der Waals surface area contributed by atoms with Crippen LogP contribution < -0.4 is 0 Å². The number of furan rings is 2. The highest BCUT2D eigenvalue weighted by Crippen LogP contribution is 2.34. The first-order chi connectivity index (χ1) is 17.1. The van der Waals surface area contributed by atoms with Crippen LogP contribution in [0.15, 0.2) is 111 Å². The number of rotatable bonds is 7. The Morgan fingerprint density at radius 1 is 0.914 bits per heavy atom. The van der Waals surface area contributed by atoms with E-state index in [0.29, 0.717) is 34.8 Å². The lowest BCUT2D eigenvalue weighted by Gasteiger charge is -2.27. The van der Waals surface area contributed by atoms with E-state index < -0.39 is 30.1 Å². The molecule has 35 heavy (non-hydrogen) atoms. The number of ether oxygens (including phenoxy) is 1. The highest BCUT2D eigenvalue weighted by Gasteiger charge is 2.43. The van der Waals surface area contributed by atoms with E-state index in [1.165, 1.54) is 17.5 Å². The summed E-state index contributed by atoms with van der Waals surface area (Å²) in [5.74, 6) is -0.451.